The molecule has 1 unspecified atom stereocenters. The fourth-order valence-electron chi connectivity index (χ4n) is 1.35. The van der Waals surface area contributed by atoms with Crippen molar-refractivity contribution in [1.82, 2.24) is 5.32 Å². The summed E-state index contributed by atoms with van der Waals surface area (Å²) >= 11 is 0. The van der Waals surface area contributed by atoms with Gasteiger partial charge in [-0.2, -0.15) is 0 Å². The van der Waals surface area contributed by atoms with Crippen molar-refractivity contribution in [3.8, 4) is 0 Å². The molecule has 1 saturated heterocycles. The van der Waals surface area contributed by atoms with Crippen LogP contribution in [0.1, 0.15) is 27.7 Å². The smallest absolute Gasteiger partial charge is 0.0969 e. The number of ether oxygens (including phenoxy) is 2. The second-order valence-electron chi connectivity index (χ2n) is 4.26. The largest absolute Gasteiger partial charge is 0.371 e. The van der Waals surface area contributed by atoms with Crippen LogP contribution in [-0.4, -0.2) is 31.1 Å². The van der Waals surface area contributed by atoms with E-state index >= 15 is 0 Å². The molecule has 0 aromatic rings. The molecule has 1 rings (SSSR count). The van der Waals surface area contributed by atoms with Gasteiger partial charge in [-0.1, -0.05) is 0 Å². The second kappa shape index (κ2) is 3.73. The maximum Gasteiger partial charge on any atom is 0.0969 e. The first kappa shape index (κ1) is 9.96. The van der Waals surface area contributed by atoms with Crippen LogP contribution < -0.4 is 5.32 Å². The minimum atomic E-state index is -0.0658. The summed E-state index contributed by atoms with van der Waals surface area (Å²) in [6.45, 7) is 9.70. The average Bonchev–Trinajstić information content (AvgIpc) is 2.32. The van der Waals surface area contributed by atoms with Crippen molar-refractivity contribution in [3.63, 3.8) is 0 Å². The fraction of sp³-hybridized carbons (Fsp3) is 1.00. The Labute approximate surface area is 74.4 Å². The van der Waals surface area contributed by atoms with Crippen LogP contribution in [-0.2, 0) is 9.47 Å². The molecule has 0 radical (unpaired) electrons. The molecule has 2 atom stereocenters. The quantitative estimate of drug-likeness (QED) is 0.679. The van der Waals surface area contributed by atoms with E-state index in [1.165, 1.54) is 0 Å². The van der Waals surface area contributed by atoms with Gasteiger partial charge in [0.2, 0.25) is 0 Å². The lowest BCUT2D eigenvalue weighted by atomic mass is 10.1. The van der Waals surface area contributed by atoms with Crippen molar-refractivity contribution >= 4 is 0 Å². The summed E-state index contributed by atoms with van der Waals surface area (Å²) in [7, 11) is 0. The minimum Gasteiger partial charge on any atom is -0.371 e. The van der Waals surface area contributed by atoms with Crippen LogP contribution in [0.15, 0.2) is 0 Å². The van der Waals surface area contributed by atoms with Crippen molar-refractivity contribution in [3.05, 3.63) is 0 Å². The summed E-state index contributed by atoms with van der Waals surface area (Å²) in [4.78, 5) is 0. The first-order chi connectivity index (χ1) is 5.49. The van der Waals surface area contributed by atoms with E-state index in [1.807, 2.05) is 0 Å². The molecule has 72 valence electrons. The summed E-state index contributed by atoms with van der Waals surface area (Å²) in [6.07, 6.45) is 0.215. The summed E-state index contributed by atoms with van der Waals surface area (Å²) in [5, 5.41) is 3.23. The molecule has 0 aromatic heterocycles. The monoisotopic (exact) mass is 173 g/mol. The molecule has 1 aliphatic rings. The van der Waals surface area contributed by atoms with Crippen molar-refractivity contribution in [2.45, 2.75) is 45.4 Å². The van der Waals surface area contributed by atoms with E-state index in [-0.39, 0.29) is 11.7 Å². The average molecular weight is 173 g/mol. The predicted octanol–water partition coefficient (Wildman–Crippen LogP) is 1.14. The Bertz CT molecular complexity index is 136. The van der Waals surface area contributed by atoms with Crippen LogP contribution in [0.4, 0.5) is 0 Å². The van der Waals surface area contributed by atoms with E-state index in [0.29, 0.717) is 12.8 Å². The van der Waals surface area contributed by atoms with Gasteiger partial charge in [-0.3, -0.25) is 5.32 Å². The molecule has 3 nitrogen and oxygen atoms in total. The SMILES string of the molecule is C[C@@H](OC(C)(C)C)C1COCN1. The van der Waals surface area contributed by atoms with Crippen molar-refractivity contribution in [1.29, 1.82) is 0 Å². The normalized spacial score (nSPS) is 27.5. The Hall–Kier alpha value is -0.120. The molecule has 0 aromatic carbocycles. The first-order valence-corrected chi connectivity index (χ1v) is 4.48. The molecule has 0 aliphatic carbocycles. The van der Waals surface area contributed by atoms with Gasteiger partial charge < -0.3 is 9.47 Å². The zero-order valence-corrected chi connectivity index (χ0v) is 8.39. The van der Waals surface area contributed by atoms with Crippen molar-refractivity contribution in [2.24, 2.45) is 0 Å². The van der Waals surface area contributed by atoms with Gasteiger partial charge >= 0.3 is 0 Å². The van der Waals surface area contributed by atoms with Crippen molar-refractivity contribution in [2.75, 3.05) is 13.3 Å². The molecule has 0 spiro atoms. The van der Waals surface area contributed by atoms with Crippen molar-refractivity contribution < 1.29 is 9.47 Å². The zero-order valence-electron chi connectivity index (χ0n) is 8.39. The van der Waals surface area contributed by atoms with Gasteiger partial charge in [-0.25, -0.2) is 0 Å². The molecule has 3 heteroatoms. The zero-order chi connectivity index (χ0) is 9.19. The standard InChI is InChI=1S/C9H19NO2/c1-7(12-9(2,3)4)8-5-11-6-10-8/h7-8,10H,5-6H2,1-4H3/t7-,8?/m1/s1. The van der Waals surface area contributed by atoms with Gasteiger partial charge in [0.15, 0.2) is 0 Å². The molecule has 1 N–H and O–H groups in total. The van der Waals surface area contributed by atoms with Crippen LogP contribution >= 0.6 is 0 Å². The molecule has 0 bridgehead atoms. The van der Waals surface area contributed by atoms with E-state index in [1.54, 1.807) is 0 Å². The highest BCUT2D eigenvalue weighted by Gasteiger charge is 2.25. The Morgan fingerprint density at radius 3 is 2.58 bits per heavy atom. The van der Waals surface area contributed by atoms with E-state index in [0.717, 1.165) is 6.61 Å². The van der Waals surface area contributed by atoms with Crippen LogP contribution in [0.2, 0.25) is 0 Å². The lowest BCUT2D eigenvalue weighted by molar-refractivity contribution is -0.0643. The van der Waals surface area contributed by atoms with E-state index in [4.69, 9.17) is 9.47 Å². The van der Waals surface area contributed by atoms with Gasteiger partial charge in [-0.15, -0.1) is 0 Å². The minimum absolute atomic E-state index is 0.0658. The van der Waals surface area contributed by atoms with Gasteiger partial charge in [0.25, 0.3) is 0 Å². The number of rotatable bonds is 2. The number of nitrogens with one attached hydrogen (secondary N) is 1. The third kappa shape index (κ3) is 3.09. The van der Waals surface area contributed by atoms with Gasteiger partial charge in [0, 0.05) is 0 Å². The molecular formula is C9H19NO2. The molecule has 1 heterocycles. The molecule has 0 amide bonds. The first-order valence-electron chi connectivity index (χ1n) is 4.48. The van der Waals surface area contributed by atoms with Gasteiger partial charge in [-0.05, 0) is 27.7 Å². The molecule has 1 fully saturated rings. The third-order valence-corrected chi connectivity index (χ3v) is 1.85. The summed E-state index contributed by atoms with van der Waals surface area (Å²) in [5.74, 6) is 0. The Kier molecular flexibility index (Phi) is 3.09. The van der Waals surface area contributed by atoms with E-state index < -0.39 is 0 Å². The van der Waals surface area contributed by atoms with Gasteiger partial charge in [0.05, 0.1) is 31.1 Å². The lowest BCUT2D eigenvalue weighted by Crippen LogP contribution is -2.40. The Morgan fingerprint density at radius 1 is 1.50 bits per heavy atom. The predicted molar refractivity (Wildman–Crippen MR) is 48.0 cm³/mol. The highest BCUT2D eigenvalue weighted by atomic mass is 16.5. The van der Waals surface area contributed by atoms with Crippen LogP contribution in [0.25, 0.3) is 0 Å². The molecule has 1 aliphatic heterocycles. The van der Waals surface area contributed by atoms with Crippen LogP contribution in [0, 0.1) is 0 Å². The maximum absolute atomic E-state index is 5.78. The van der Waals surface area contributed by atoms with E-state index in [2.05, 4.69) is 33.0 Å². The van der Waals surface area contributed by atoms with E-state index in [9.17, 15) is 0 Å². The van der Waals surface area contributed by atoms with Crippen LogP contribution in [0.5, 0.6) is 0 Å². The number of hydrogen-bond donors (Lipinski definition) is 1. The highest BCUT2D eigenvalue weighted by Crippen LogP contribution is 2.14. The van der Waals surface area contributed by atoms with Gasteiger partial charge in [0.1, 0.15) is 0 Å². The number of hydrogen-bond acceptors (Lipinski definition) is 3. The summed E-state index contributed by atoms with van der Waals surface area (Å²) in [6, 6.07) is 0.351. The lowest BCUT2D eigenvalue weighted by Gasteiger charge is -2.28. The molecule has 12 heavy (non-hydrogen) atoms. The topological polar surface area (TPSA) is 30.5 Å². The van der Waals surface area contributed by atoms with Crippen LogP contribution in [0.3, 0.4) is 0 Å². The molecule has 0 saturated carbocycles. The maximum atomic E-state index is 5.78. The third-order valence-electron chi connectivity index (χ3n) is 1.85. The Balaban J connectivity index is 2.31. The molecular weight excluding hydrogens is 154 g/mol. The highest BCUT2D eigenvalue weighted by molar-refractivity contribution is 4.78. The Morgan fingerprint density at radius 2 is 2.17 bits per heavy atom. The second-order valence-corrected chi connectivity index (χ2v) is 4.26. The fourth-order valence-corrected chi connectivity index (χ4v) is 1.35. The summed E-state index contributed by atoms with van der Waals surface area (Å²) in [5.41, 5.74) is -0.0658. The summed E-state index contributed by atoms with van der Waals surface area (Å²) < 4.78 is 11.0.